The molecule has 0 saturated heterocycles. The lowest BCUT2D eigenvalue weighted by Gasteiger charge is -2.18. The van der Waals surface area contributed by atoms with Gasteiger partial charge in [-0.25, -0.2) is 0 Å². The largest absolute Gasteiger partial charge is 0.497 e. The summed E-state index contributed by atoms with van der Waals surface area (Å²) in [5.74, 6) is 1.65. The van der Waals surface area contributed by atoms with Crippen molar-refractivity contribution in [2.45, 2.75) is 26.4 Å². The number of rotatable bonds is 6. The van der Waals surface area contributed by atoms with E-state index < -0.39 is 0 Å². The minimum atomic E-state index is 0.201. The average molecular weight is 285 g/mol. The highest BCUT2D eigenvalue weighted by atomic mass is 16.5. The summed E-state index contributed by atoms with van der Waals surface area (Å²) in [4.78, 5) is 0. The topological polar surface area (TPSA) is 30.5 Å². The van der Waals surface area contributed by atoms with Crippen LogP contribution >= 0.6 is 0 Å². The number of nitrogens with one attached hydrogen (secondary N) is 1. The first-order valence-corrected chi connectivity index (χ1v) is 7.15. The lowest BCUT2D eigenvalue weighted by molar-refractivity contribution is 0.386. The number of aryl methyl sites for hydroxylation is 1. The van der Waals surface area contributed by atoms with E-state index >= 15 is 0 Å². The fourth-order valence-electron chi connectivity index (χ4n) is 2.26. The summed E-state index contributed by atoms with van der Waals surface area (Å²) in [5.41, 5.74) is 3.69. The van der Waals surface area contributed by atoms with E-state index in [1.165, 1.54) is 11.1 Å². The zero-order chi connectivity index (χ0) is 15.2. The predicted molar refractivity (Wildman–Crippen MR) is 86.0 cm³/mol. The maximum atomic E-state index is 5.46. The molecule has 0 fully saturated rings. The average Bonchev–Trinajstić information content (AvgIpc) is 2.53. The highest BCUT2D eigenvalue weighted by molar-refractivity contribution is 5.42. The van der Waals surface area contributed by atoms with Crippen LogP contribution in [-0.4, -0.2) is 14.2 Å². The van der Waals surface area contributed by atoms with E-state index in [1.807, 2.05) is 18.2 Å². The van der Waals surface area contributed by atoms with Crippen LogP contribution in [0.2, 0.25) is 0 Å². The van der Waals surface area contributed by atoms with Crippen molar-refractivity contribution in [1.29, 1.82) is 0 Å². The molecule has 1 unspecified atom stereocenters. The second-order valence-electron chi connectivity index (χ2n) is 5.20. The molecule has 2 aromatic rings. The highest BCUT2D eigenvalue weighted by Gasteiger charge is 2.12. The molecule has 2 aromatic carbocycles. The van der Waals surface area contributed by atoms with Crippen molar-refractivity contribution in [3.05, 3.63) is 59.2 Å². The van der Waals surface area contributed by atoms with Gasteiger partial charge in [0.25, 0.3) is 0 Å². The number of hydrogen-bond donors (Lipinski definition) is 1. The van der Waals surface area contributed by atoms with Gasteiger partial charge in [0.1, 0.15) is 11.5 Å². The second-order valence-corrected chi connectivity index (χ2v) is 5.20. The fraction of sp³-hybridized carbons (Fsp3) is 0.333. The van der Waals surface area contributed by atoms with Crippen molar-refractivity contribution in [3.8, 4) is 11.5 Å². The summed E-state index contributed by atoms with van der Waals surface area (Å²) in [6.45, 7) is 5.07. The molecule has 1 atom stereocenters. The molecule has 0 aliphatic carbocycles. The van der Waals surface area contributed by atoms with Crippen LogP contribution in [-0.2, 0) is 6.54 Å². The third-order valence-electron chi connectivity index (χ3n) is 3.64. The summed E-state index contributed by atoms with van der Waals surface area (Å²) in [6.07, 6.45) is 0. The molecular formula is C18H23NO2. The van der Waals surface area contributed by atoms with Gasteiger partial charge in [-0.05, 0) is 25.5 Å². The molecule has 0 bridgehead atoms. The van der Waals surface area contributed by atoms with Crippen molar-refractivity contribution in [2.24, 2.45) is 0 Å². The Hall–Kier alpha value is -2.00. The van der Waals surface area contributed by atoms with Gasteiger partial charge in [0.05, 0.1) is 14.2 Å². The molecule has 0 saturated carbocycles. The smallest absolute Gasteiger partial charge is 0.127 e. The summed E-state index contributed by atoms with van der Waals surface area (Å²) in [7, 11) is 3.35. The number of ether oxygens (including phenoxy) is 2. The molecule has 2 rings (SSSR count). The Morgan fingerprint density at radius 2 is 1.71 bits per heavy atom. The van der Waals surface area contributed by atoms with Crippen molar-refractivity contribution < 1.29 is 9.47 Å². The van der Waals surface area contributed by atoms with E-state index in [0.717, 1.165) is 23.6 Å². The van der Waals surface area contributed by atoms with Crippen LogP contribution in [0.1, 0.15) is 29.7 Å². The van der Waals surface area contributed by atoms with Crippen LogP contribution in [0.3, 0.4) is 0 Å². The Labute approximate surface area is 126 Å². The molecule has 0 amide bonds. The van der Waals surface area contributed by atoms with Gasteiger partial charge in [-0.1, -0.05) is 35.9 Å². The standard InChI is InChI=1S/C18H23NO2/c1-13-5-7-15(8-6-13)12-19-14(2)17-10-9-16(20-3)11-18(17)21-4/h5-11,14,19H,12H2,1-4H3. The first kappa shape index (κ1) is 15.4. The van der Waals surface area contributed by atoms with E-state index in [-0.39, 0.29) is 6.04 Å². The van der Waals surface area contributed by atoms with Gasteiger partial charge >= 0.3 is 0 Å². The van der Waals surface area contributed by atoms with Crippen LogP contribution in [0.25, 0.3) is 0 Å². The van der Waals surface area contributed by atoms with Crippen LogP contribution < -0.4 is 14.8 Å². The second kappa shape index (κ2) is 7.14. The van der Waals surface area contributed by atoms with Crippen molar-refractivity contribution in [3.63, 3.8) is 0 Å². The van der Waals surface area contributed by atoms with Gasteiger partial charge < -0.3 is 14.8 Å². The number of methoxy groups -OCH3 is 2. The quantitative estimate of drug-likeness (QED) is 0.874. The molecule has 0 aromatic heterocycles. The molecule has 0 heterocycles. The molecule has 0 spiro atoms. The van der Waals surface area contributed by atoms with Gasteiger partial charge in [0.15, 0.2) is 0 Å². The van der Waals surface area contributed by atoms with Crippen molar-refractivity contribution in [1.82, 2.24) is 5.32 Å². The van der Waals surface area contributed by atoms with E-state index in [0.29, 0.717) is 0 Å². The lowest BCUT2D eigenvalue weighted by atomic mass is 10.1. The molecule has 1 N–H and O–H groups in total. The monoisotopic (exact) mass is 285 g/mol. The molecule has 0 aliphatic heterocycles. The van der Waals surface area contributed by atoms with E-state index in [2.05, 4.69) is 43.4 Å². The molecule has 0 radical (unpaired) electrons. The maximum Gasteiger partial charge on any atom is 0.127 e. The Balaban J connectivity index is 2.05. The van der Waals surface area contributed by atoms with E-state index in [9.17, 15) is 0 Å². The van der Waals surface area contributed by atoms with Gasteiger partial charge in [0, 0.05) is 24.2 Å². The first-order chi connectivity index (χ1) is 10.1. The summed E-state index contributed by atoms with van der Waals surface area (Å²) in [5, 5.41) is 3.53. The van der Waals surface area contributed by atoms with Crippen LogP contribution in [0.4, 0.5) is 0 Å². The summed E-state index contributed by atoms with van der Waals surface area (Å²) in [6, 6.07) is 14.7. The Bertz CT molecular complexity index is 578. The third-order valence-corrected chi connectivity index (χ3v) is 3.64. The van der Waals surface area contributed by atoms with Crippen LogP contribution in [0.15, 0.2) is 42.5 Å². The SMILES string of the molecule is COc1ccc(C(C)NCc2ccc(C)cc2)c(OC)c1. The first-order valence-electron chi connectivity index (χ1n) is 7.15. The molecule has 3 heteroatoms. The minimum absolute atomic E-state index is 0.201. The van der Waals surface area contributed by atoms with Gasteiger partial charge in [0.2, 0.25) is 0 Å². The Morgan fingerprint density at radius 3 is 2.33 bits per heavy atom. The number of hydrogen-bond acceptors (Lipinski definition) is 3. The van der Waals surface area contributed by atoms with Gasteiger partial charge in [-0.2, -0.15) is 0 Å². The fourth-order valence-corrected chi connectivity index (χ4v) is 2.26. The molecule has 3 nitrogen and oxygen atoms in total. The third kappa shape index (κ3) is 3.99. The van der Waals surface area contributed by atoms with E-state index in [1.54, 1.807) is 14.2 Å². The Morgan fingerprint density at radius 1 is 1.00 bits per heavy atom. The normalized spacial score (nSPS) is 12.0. The van der Waals surface area contributed by atoms with Crippen molar-refractivity contribution in [2.75, 3.05) is 14.2 Å². The highest BCUT2D eigenvalue weighted by Crippen LogP contribution is 2.29. The van der Waals surface area contributed by atoms with Crippen molar-refractivity contribution >= 4 is 0 Å². The zero-order valence-electron chi connectivity index (χ0n) is 13.1. The van der Waals surface area contributed by atoms with Crippen LogP contribution in [0.5, 0.6) is 11.5 Å². The molecule has 0 aliphatic rings. The zero-order valence-corrected chi connectivity index (χ0v) is 13.1. The predicted octanol–water partition coefficient (Wildman–Crippen LogP) is 3.86. The maximum absolute atomic E-state index is 5.46. The summed E-state index contributed by atoms with van der Waals surface area (Å²) >= 11 is 0. The molecule has 21 heavy (non-hydrogen) atoms. The van der Waals surface area contributed by atoms with Crippen LogP contribution in [0, 0.1) is 6.92 Å². The van der Waals surface area contributed by atoms with Gasteiger partial charge in [-0.15, -0.1) is 0 Å². The minimum Gasteiger partial charge on any atom is -0.497 e. The van der Waals surface area contributed by atoms with Gasteiger partial charge in [-0.3, -0.25) is 0 Å². The number of benzene rings is 2. The van der Waals surface area contributed by atoms with E-state index in [4.69, 9.17) is 9.47 Å². The lowest BCUT2D eigenvalue weighted by Crippen LogP contribution is -2.18. The summed E-state index contributed by atoms with van der Waals surface area (Å²) < 4.78 is 10.7. The molecular weight excluding hydrogens is 262 g/mol. The Kier molecular flexibility index (Phi) is 5.23. The molecule has 112 valence electrons.